The number of amides is 1. The Balaban J connectivity index is 1.93. The van der Waals surface area contributed by atoms with Crippen LogP contribution < -0.4 is 4.90 Å². The summed E-state index contributed by atoms with van der Waals surface area (Å²) in [6.07, 6.45) is 0.639. The van der Waals surface area contributed by atoms with E-state index in [9.17, 15) is 13.6 Å². The fraction of sp³-hybridized carbons (Fsp3) is 0.133. The van der Waals surface area contributed by atoms with Gasteiger partial charge in [-0.15, -0.1) is 0 Å². The highest BCUT2D eigenvalue weighted by Gasteiger charge is 2.25. The average Bonchev–Trinajstić information content (AvgIpc) is 2.81. The summed E-state index contributed by atoms with van der Waals surface area (Å²) in [7, 11) is 0. The summed E-state index contributed by atoms with van der Waals surface area (Å²) in [5, 5.41) is 0. The van der Waals surface area contributed by atoms with E-state index < -0.39 is 0 Å². The molecule has 0 aliphatic carbocycles. The van der Waals surface area contributed by atoms with Crippen LogP contribution in [0.4, 0.5) is 14.5 Å². The molecule has 0 radical (unpaired) electrons. The van der Waals surface area contributed by atoms with Gasteiger partial charge in [-0.3, -0.25) is 4.79 Å². The molecule has 0 saturated heterocycles. The molecule has 0 spiro atoms. The van der Waals surface area contributed by atoms with Crippen molar-refractivity contribution in [1.82, 2.24) is 0 Å². The van der Waals surface area contributed by atoms with Crippen LogP contribution in [0, 0.1) is 11.6 Å². The van der Waals surface area contributed by atoms with E-state index >= 15 is 0 Å². The molecule has 0 N–H and O–H groups in total. The van der Waals surface area contributed by atoms with Crippen molar-refractivity contribution in [3.8, 4) is 0 Å². The van der Waals surface area contributed by atoms with Gasteiger partial charge in [0.25, 0.3) is 5.91 Å². The van der Waals surface area contributed by atoms with Crippen molar-refractivity contribution in [2.45, 2.75) is 6.42 Å². The van der Waals surface area contributed by atoms with E-state index in [1.807, 2.05) is 0 Å². The lowest BCUT2D eigenvalue weighted by molar-refractivity contribution is 0.0989. The second-order valence-corrected chi connectivity index (χ2v) is 4.49. The van der Waals surface area contributed by atoms with E-state index in [2.05, 4.69) is 0 Å². The van der Waals surface area contributed by atoms with Gasteiger partial charge in [-0.05, 0) is 54.4 Å². The lowest BCUT2D eigenvalue weighted by Gasteiger charge is -2.17. The Kier molecular flexibility index (Phi) is 2.78. The van der Waals surface area contributed by atoms with Crippen molar-refractivity contribution < 1.29 is 13.6 Å². The standard InChI is InChI=1S/C15H11F2NO/c16-12-3-1-10(2-4-12)15(19)18-8-7-11-9-13(17)5-6-14(11)18/h1-6,9H,7-8H2. The minimum atomic E-state index is -0.375. The number of anilines is 1. The third-order valence-corrected chi connectivity index (χ3v) is 3.27. The molecule has 0 bridgehead atoms. The van der Waals surface area contributed by atoms with Gasteiger partial charge in [0.1, 0.15) is 11.6 Å². The van der Waals surface area contributed by atoms with Crippen LogP contribution in [0.25, 0.3) is 0 Å². The van der Waals surface area contributed by atoms with Crippen molar-refractivity contribution in [1.29, 1.82) is 0 Å². The van der Waals surface area contributed by atoms with Gasteiger partial charge >= 0.3 is 0 Å². The van der Waals surface area contributed by atoms with Gasteiger partial charge in [-0.25, -0.2) is 8.78 Å². The number of halogens is 2. The summed E-state index contributed by atoms with van der Waals surface area (Å²) >= 11 is 0. The molecule has 2 aromatic rings. The lowest BCUT2D eigenvalue weighted by Crippen LogP contribution is -2.28. The molecule has 19 heavy (non-hydrogen) atoms. The second kappa shape index (κ2) is 4.46. The minimum Gasteiger partial charge on any atom is -0.308 e. The van der Waals surface area contributed by atoms with Gasteiger partial charge in [0.05, 0.1) is 0 Å². The zero-order valence-corrected chi connectivity index (χ0v) is 10.1. The maximum atomic E-state index is 13.1. The fourth-order valence-corrected chi connectivity index (χ4v) is 2.33. The van der Waals surface area contributed by atoms with Crippen LogP contribution >= 0.6 is 0 Å². The first kappa shape index (κ1) is 11.8. The summed E-state index contributed by atoms with van der Waals surface area (Å²) in [4.78, 5) is 13.9. The zero-order chi connectivity index (χ0) is 13.4. The number of hydrogen-bond donors (Lipinski definition) is 0. The molecule has 1 amide bonds. The van der Waals surface area contributed by atoms with Crippen molar-refractivity contribution >= 4 is 11.6 Å². The van der Waals surface area contributed by atoms with Gasteiger partial charge in [0.2, 0.25) is 0 Å². The molecular weight excluding hydrogens is 248 g/mol. The molecule has 0 aromatic heterocycles. The number of carbonyl (C=O) groups is 1. The molecule has 2 nitrogen and oxygen atoms in total. The number of benzene rings is 2. The first-order valence-electron chi connectivity index (χ1n) is 6.01. The minimum absolute atomic E-state index is 0.189. The fourth-order valence-electron chi connectivity index (χ4n) is 2.33. The van der Waals surface area contributed by atoms with Crippen molar-refractivity contribution in [2.75, 3.05) is 11.4 Å². The number of fused-ring (bicyclic) bond motifs is 1. The summed E-state index contributed by atoms with van der Waals surface area (Å²) < 4.78 is 26.0. The maximum Gasteiger partial charge on any atom is 0.258 e. The van der Waals surface area contributed by atoms with Gasteiger partial charge < -0.3 is 4.90 Å². The smallest absolute Gasteiger partial charge is 0.258 e. The van der Waals surface area contributed by atoms with Crippen LogP contribution in [0.3, 0.4) is 0 Å². The monoisotopic (exact) mass is 259 g/mol. The van der Waals surface area contributed by atoms with Crippen LogP contribution in [0.15, 0.2) is 42.5 Å². The van der Waals surface area contributed by atoms with E-state index in [1.165, 1.54) is 36.4 Å². The molecule has 0 atom stereocenters. The van der Waals surface area contributed by atoms with Gasteiger partial charge in [0.15, 0.2) is 0 Å². The zero-order valence-electron chi connectivity index (χ0n) is 10.1. The Morgan fingerprint density at radius 2 is 1.68 bits per heavy atom. The first-order chi connectivity index (χ1) is 9.15. The van der Waals surface area contributed by atoms with E-state index in [-0.39, 0.29) is 17.5 Å². The highest BCUT2D eigenvalue weighted by molar-refractivity contribution is 6.07. The molecule has 1 heterocycles. The topological polar surface area (TPSA) is 20.3 Å². The van der Waals surface area contributed by atoms with Gasteiger partial charge in [-0.2, -0.15) is 0 Å². The summed E-state index contributed by atoms with van der Waals surface area (Å²) in [5.74, 6) is -0.861. The number of hydrogen-bond acceptors (Lipinski definition) is 1. The third-order valence-electron chi connectivity index (χ3n) is 3.27. The van der Waals surface area contributed by atoms with E-state index in [0.717, 1.165) is 11.3 Å². The second-order valence-electron chi connectivity index (χ2n) is 4.49. The largest absolute Gasteiger partial charge is 0.308 e. The number of nitrogens with zero attached hydrogens (tertiary/aromatic N) is 1. The highest BCUT2D eigenvalue weighted by Crippen LogP contribution is 2.29. The predicted molar refractivity (Wildman–Crippen MR) is 68.2 cm³/mol. The Labute approximate surface area is 109 Å². The highest BCUT2D eigenvalue weighted by atomic mass is 19.1. The summed E-state index contributed by atoms with van der Waals surface area (Å²) in [6.45, 7) is 0.523. The van der Waals surface area contributed by atoms with Crippen LogP contribution in [-0.4, -0.2) is 12.5 Å². The molecular formula is C15H11F2NO. The molecule has 4 heteroatoms. The molecule has 96 valence electrons. The van der Waals surface area contributed by atoms with Crippen molar-refractivity contribution in [3.05, 3.63) is 65.2 Å². The first-order valence-corrected chi connectivity index (χ1v) is 6.01. The molecule has 0 fully saturated rings. The van der Waals surface area contributed by atoms with Crippen molar-refractivity contribution in [3.63, 3.8) is 0 Å². The number of rotatable bonds is 1. The lowest BCUT2D eigenvalue weighted by atomic mass is 10.1. The normalized spacial score (nSPS) is 13.5. The Morgan fingerprint density at radius 3 is 2.42 bits per heavy atom. The molecule has 0 saturated carbocycles. The summed E-state index contributed by atoms with van der Waals surface area (Å²) in [6, 6.07) is 9.84. The molecule has 1 aliphatic rings. The maximum absolute atomic E-state index is 13.1. The number of carbonyl (C=O) groups excluding carboxylic acids is 1. The SMILES string of the molecule is O=C(c1ccc(F)cc1)N1CCc2cc(F)ccc21. The van der Waals surface area contributed by atoms with Crippen LogP contribution in [0.2, 0.25) is 0 Å². The Morgan fingerprint density at radius 1 is 1.00 bits per heavy atom. The van der Waals surface area contributed by atoms with Gasteiger partial charge in [0, 0.05) is 17.8 Å². The van der Waals surface area contributed by atoms with E-state index in [4.69, 9.17) is 0 Å². The Hall–Kier alpha value is -2.23. The third kappa shape index (κ3) is 2.10. The van der Waals surface area contributed by atoms with Gasteiger partial charge in [-0.1, -0.05) is 0 Å². The molecule has 2 aromatic carbocycles. The van der Waals surface area contributed by atoms with Crippen molar-refractivity contribution in [2.24, 2.45) is 0 Å². The van der Waals surface area contributed by atoms with Crippen LogP contribution in [0.1, 0.15) is 15.9 Å². The molecule has 0 unspecified atom stereocenters. The van der Waals surface area contributed by atoms with E-state index in [1.54, 1.807) is 11.0 Å². The van der Waals surface area contributed by atoms with Crippen LogP contribution in [0.5, 0.6) is 0 Å². The predicted octanol–water partition coefficient (Wildman–Crippen LogP) is 3.17. The molecule has 1 aliphatic heterocycles. The summed E-state index contributed by atoms with van der Waals surface area (Å²) in [5.41, 5.74) is 1.99. The van der Waals surface area contributed by atoms with Crippen LogP contribution in [-0.2, 0) is 6.42 Å². The Bertz CT molecular complexity index is 637. The quantitative estimate of drug-likeness (QED) is 0.770. The average molecular weight is 259 g/mol. The molecule has 3 rings (SSSR count). The van der Waals surface area contributed by atoms with E-state index in [0.29, 0.717) is 18.5 Å².